The van der Waals surface area contributed by atoms with Crippen molar-refractivity contribution in [3.8, 4) is 5.75 Å². The topological polar surface area (TPSA) is 63.4 Å². The molecule has 2 aromatic carbocycles. The van der Waals surface area contributed by atoms with E-state index in [1.165, 1.54) is 6.07 Å². The van der Waals surface area contributed by atoms with Gasteiger partial charge in [0.05, 0.1) is 10.5 Å². The van der Waals surface area contributed by atoms with Gasteiger partial charge in [0.25, 0.3) is 5.69 Å². The van der Waals surface area contributed by atoms with Crippen LogP contribution in [0.4, 0.5) is 5.69 Å². The quantitative estimate of drug-likeness (QED) is 0.414. The number of nitrogens with zero attached hydrogens (tertiary/aromatic N) is 1. The van der Waals surface area contributed by atoms with Crippen LogP contribution >= 0.6 is 0 Å². The third-order valence-corrected chi connectivity index (χ3v) is 4.34. The summed E-state index contributed by atoms with van der Waals surface area (Å²) in [6.45, 7) is 12.4. The molecule has 138 valence electrons. The van der Waals surface area contributed by atoms with Crippen LogP contribution in [-0.4, -0.2) is 10.0 Å². The van der Waals surface area contributed by atoms with Gasteiger partial charge in [-0.3, -0.25) is 10.1 Å². The van der Waals surface area contributed by atoms with Crippen molar-refractivity contribution < 1.29 is 10.0 Å². The molecule has 0 aliphatic heterocycles. The molecule has 0 bridgehead atoms. The second kappa shape index (κ2) is 6.94. The Morgan fingerprint density at radius 2 is 1.42 bits per heavy atom. The fourth-order valence-corrected chi connectivity index (χ4v) is 2.88. The van der Waals surface area contributed by atoms with E-state index in [4.69, 9.17) is 0 Å². The van der Waals surface area contributed by atoms with E-state index in [-0.39, 0.29) is 21.4 Å². The zero-order chi connectivity index (χ0) is 19.7. The van der Waals surface area contributed by atoms with Crippen molar-refractivity contribution in [2.45, 2.75) is 52.4 Å². The Balaban J connectivity index is 2.59. The second-order valence-electron chi connectivity index (χ2n) is 8.61. The van der Waals surface area contributed by atoms with Crippen LogP contribution in [-0.2, 0) is 10.8 Å². The standard InChI is InChI=1S/C22H27NO3/c1-21(2,3)17-13-15(14-18(20(17)24)22(4,5)6)11-12-16-9-7-8-10-19(16)23(25)26/h7-14,24H,1-6H3/b12-11+. The first-order chi connectivity index (χ1) is 11.9. The van der Waals surface area contributed by atoms with E-state index in [1.54, 1.807) is 24.3 Å². The summed E-state index contributed by atoms with van der Waals surface area (Å²) in [5.41, 5.74) is 2.85. The Kier molecular flexibility index (Phi) is 5.26. The van der Waals surface area contributed by atoms with Gasteiger partial charge in [0.2, 0.25) is 0 Å². The van der Waals surface area contributed by atoms with E-state index in [9.17, 15) is 15.2 Å². The van der Waals surface area contributed by atoms with Gasteiger partial charge in [-0.25, -0.2) is 0 Å². The highest BCUT2D eigenvalue weighted by molar-refractivity contribution is 5.75. The second-order valence-corrected chi connectivity index (χ2v) is 8.61. The van der Waals surface area contributed by atoms with Gasteiger partial charge in [0.1, 0.15) is 5.75 Å². The number of hydrogen-bond donors (Lipinski definition) is 1. The number of phenols is 1. The average Bonchev–Trinajstić information content (AvgIpc) is 2.51. The smallest absolute Gasteiger partial charge is 0.276 e. The maximum Gasteiger partial charge on any atom is 0.276 e. The lowest BCUT2D eigenvalue weighted by atomic mass is 9.78. The predicted molar refractivity (Wildman–Crippen MR) is 108 cm³/mol. The van der Waals surface area contributed by atoms with Crippen LogP contribution in [0.15, 0.2) is 36.4 Å². The van der Waals surface area contributed by atoms with Gasteiger partial charge in [-0.05, 0) is 40.7 Å². The molecule has 0 radical (unpaired) electrons. The monoisotopic (exact) mass is 353 g/mol. The number of phenolic OH excluding ortho intramolecular Hbond substituents is 1. The van der Waals surface area contributed by atoms with Crippen LogP contribution < -0.4 is 0 Å². The highest BCUT2D eigenvalue weighted by atomic mass is 16.6. The first-order valence-corrected chi connectivity index (χ1v) is 8.71. The van der Waals surface area contributed by atoms with Crippen LogP contribution in [0.3, 0.4) is 0 Å². The van der Waals surface area contributed by atoms with E-state index in [2.05, 4.69) is 41.5 Å². The summed E-state index contributed by atoms with van der Waals surface area (Å²) in [6.07, 6.45) is 3.62. The molecule has 0 unspecified atom stereocenters. The van der Waals surface area contributed by atoms with E-state index < -0.39 is 0 Å². The van der Waals surface area contributed by atoms with Crippen LogP contribution in [0.25, 0.3) is 12.2 Å². The number of nitro groups is 1. The van der Waals surface area contributed by atoms with Gasteiger partial charge < -0.3 is 5.11 Å². The number of aromatic hydroxyl groups is 1. The average molecular weight is 353 g/mol. The molecule has 0 spiro atoms. The molecular formula is C22H27NO3. The third-order valence-electron chi connectivity index (χ3n) is 4.34. The Labute approximate surface area is 155 Å². The molecule has 0 aromatic heterocycles. The molecule has 26 heavy (non-hydrogen) atoms. The van der Waals surface area contributed by atoms with Crippen molar-refractivity contribution in [3.63, 3.8) is 0 Å². The lowest BCUT2D eigenvalue weighted by Gasteiger charge is -2.27. The molecule has 4 heteroatoms. The minimum atomic E-state index is -0.377. The van der Waals surface area contributed by atoms with Crippen molar-refractivity contribution in [2.24, 2.45) is 0 Å². The first-order valence-electron chi connectivity index (χ1n) is 8.71. The lowest BCUT2D eigenvalue weighted by Crippen LogP contribution is -2.17. The molecule has 0 amide bonds. The minimum Gasteiger partial charge on any atom is -0.507 e. The summed E-state index contributed by atoms with van der Waals surface area (Å²) in [6, 6.07) is 10.6. The normalized spacial score (nSPS) is 12.5. The van der Waals surface area contributed by atoms with Crippen LogP contribution in [0.2, 0.25) is 0 Å². The van der Waals surface area contributed by atoms with E-state index in [0.29, 0.717) is 11.3 Å². The Morgan fingerprint density at radius 1 is 0.923 bits per heavy atom. The van der Waals surface area contributed by atoms with Gasteiger partial charge in [0, 0.05) is 17.2 Å². The van der Waals surface area contributed by atoms with Crippen molar-refractivity contribution >= 4 is 17.8 Å². The number of hydrogen-bond acceptors (Lipinski definition) is 3. The van der Waals surface area contributed by atoms with E-state index in [0.717, 1.165) is 16.7 Å². The van der Waals surface area contributed by atoms with Crippen molar-refractivity contribution in [1.82, 2.24) is 0 Å². The largest absolute Gasteiger partial charge is 0.507 e. The van der Waals surface area contributed by atoms with Crippen LogP contribution in [0, 0.1) is 10.1 Å². The Bertz CT molecular complexity index is 817. The SMILES string of the molecule is CC(C)(C)c1cc(/C=C/c2ccccc2[N+](=O)[O-])cc(C(C)(C)C)c1O. The molecule has 0 aliphatic carbocycles. The molecule has 4 nitrogen and oxygen atoms in total. The van der Waals surface area contributed by atoms with Crippen molar-refractivity contribution in [1.29, 1.82) is 0 Å². The van der Waals surface area contributed by atoms with Gasteiger partial charge in [-0.1, -0.05) is 59.8 Å². The van der Waals surface area contributed by atoms with Crippen LogP contribution in [0.5, 0.6) is 5.75 Å². The van der Waals surface area contributed by atoms with Crippen molar-refractivity contribution in [2.75, 3.05) is 0 Å². The summed E-state index contributed by atoms with van der Waals surface area (Å²) < 4.78 is 0. The molecule has 2 aromatic rings. The summed E-state index contributed by atoms with van der Waals surface area (Å²) >= 11 is 0. The number of para-hydroxylation sites is 1. The zero-order valence-corrected chi connectivity index (χ0v) is 16.3. The maximum absolute atomic E-state index is 11.2. The molecule has 2 rings (SSSR count). The molecule has 0 aliphatic rings. The Morgan fingerprint density at radius 3 is 1.88 bits per heavy atom. The van der Waals surface area contributed by atoms with Gasteiger partial charge in [-0.2, -0.15) is 0 Å². The highest BCUT2D eigenvalue weighted by Crippen LogP contribution is 2.40. The summed E-state index contributed by atoms with van der Waals surface area (Å²) in [5.74, 6) is 0.327. The fraction of sp³-hybridized carbons (Fsp3) is 0.364. The number of rotatable bonds is 3. The third kappa shape index (κ3) is 4.31. The molecule has 0 atom stereocenters. The molecular weight excluding hydrogens is 326 g/mol. The maximum atomic E-state index is 11.2. The Hall–Kier alpha value is -2.62. The predicted octanol–water partition coefficient (Wildman–Crippen LogP) is 6.07. The summed E-state index contributed by atoms with van der Waals surface area (Å²) in [7, 11) is 0. The molecule has 0 fully saturated rings. The van der Waals surface area contributed by atoms with Gasteiger partial charge >= 0.3 is 0 Å². The lowest BCUT2D eigenvalue weighted by molar-refractivity contribution is -0.385. The fourth-order valence-electron chi connectivity index (χ4n) is 2.88. The minimum absolute atomic E-state index is 0.0784. The molecule has 1 N–H and O–H groups in total. The van der Waals surface area contributed by atoms with Crippen molar-refractivity contribution in [3.05, 3.63) is 68.8 Å². The van der Waals surface area contributed by atoms with E-state index in [1.807, 2.05) is 18.2 Å². The molecule has 0 heterocycles. The number of nitro benzene ring substituents is 1. The van der Waals surface area contributed by atoms with Gasteiger partial charge in [0.15, 0.2) is 0 Å². The molecule has 0 saturated carbocycles. The zero-order valence-electron chi connectivity index (χ0n) is 16.3. The van der Waals surface area contributed by atoms with Crippen LogP contribution in [0.1, 0.15) is 63.8 Å². The summed E-state index contributed by atoms with van der Waals surface area (Å²) in [4.78, 5) is 10.8. The number of benzene rings is 2. The summed E-state index contributed by atoms with van der Waals surface area (Å²) in [5, 5.41) is 22.0. The molecule has 0 saturated heterocycles. The first kappa shape index (κ1) is 19.7. The van der Waals surface area contributed by atoms with Gasteiger partial charge in [-0.15, -0.1) is 0 Å². The van der Waals surface area contributed by atoms with E-state index >= 15 is 0 Å². The highest BCUT2D eigenvalue weighted by Gasteiger charge is 2.26.